The minimum absolute atomic E-state index is 0.0276. The van der Waals surface area contributed by atoms with Gasteiger partial charge in [-0.05, 0) is 25.7 Å². The number of hydrogen-bond acceptors (Lipinski definition) is 3. The molecule has 5 nitrogen and oxygen atoms in total. The van der Waals surface area contributed by atoms with Gasteiger partial charge in [0.05, 0.1) is 12.6 Å². The van der Waals surface area contributed by atoms with E-state index in [-0.39, 0.29) is 30.4 Å². The highest BCUT2D eigenvalue weighted by molar-refractivity contribution is 5.85. The van der Waals surface area contributed by atoms with Crippen LogP contribution < -0.4 is 10.6 Å². The van der Waals surface area contributed by atoms with Crippen LogP contribution >= 0.6 is 0 Å². The van der Waals surface area contributed by atoms with Gasteiger partial charge in [0.15, 0.2) is 0 Å². The van der Waals surface area contributed by atoms with Crippen molar-refractivity contribution in [1.82, 2.24) is 10.6 Å². The van der Waals surface area contributed by atoms with Crippen LogP contribution in [0.2, 0.25) is 0 Å². The largest absolute Gasteiger partial charge is 0.376 e. The maximum atomic E-state index is 11.7. The van der Waals surface area contributed by atoms with E-state index >= 15 is 0 Å². The third kappa shape index (κ3) is 3.98. The molecule has 0 aromatic rings. The lowest BCUT2D eigenvalue weighted by Crippen LogP contribution is -2.41. The fraction of sp³-hybridized carbons (Fsp3) is 0.846. The number of carbonyl (C=O) groups excluding carboxylic acids is 2. The summed E-state index contributed by atoms with van der Waals surface area (Å²) < 4.78 is 5.41. The van der Waals surface area contributed by atoms with Crippen LogP contribution in [0.15, 0.2) is 0 Å². The zero-order valence-corrected chi connectivity index (χ0v) is 10.7. The van der Waals surface area contributed by atoms with Crippen molar-refractivity contribution in [2.75, 3.05) is 19.7 Å². The van der Waals surface area contributed by atoms with Crippen LogP contribution in [0.1, 0.15) is 38.5 Å². The maximum absolute atomic E-state index is 11.7. The van der Waals surface area contributed by atoms with E-state index in [1.165, 1.54) is 0 Å². The molecule has 2 fully saturated rings. The van der Waals surface area contributed by atoms with Gasteiger partial charge in [-0.1, -0.05) is 12.8 Å². The van der Waals surface area contributed by atoms with Gasteiger partial charge in [-0.2, -0.15) is 0 Å². The Morgan fingerprint density at radius 3 is 2.50 bits per heavy atom. The molecule has 0 radical (unpaired) electrons. The highest BCUT2D eigenvalue weighted by Crippen LogP contribution is 2.24. The molecule has 2 rings (SSSR count). The van der Waals surface area contributed by atoms with Crippen LogP contribution in [0, 0.1) is 5.92 Å². The fourth-order valence-electron chi connectivity index (χ4n) is 2.60. The first-order valence-electron chi connectivity index (χ1n) is 6.91. The molecule has 0 bridgehead atoms. The molecule has 0 aromatic heterocycles. The van der Waals surface area contributed by atoms with E-state index in [2.05, 4.69) is 10.6 Å². The Morgan fingerprint density at radius 1 is 1.06 bits per heavy atom. The molecular weight excluding hydrogens is 232 g/mol. The lowest BCUT2D eigenvalue weighted by Gasteiger charge is -2.12. The molecule has 1 atom stereocenters. The minimum Gasteiger partial charge on any atom is -0.376 e. The van der Waals surface area contributed by atoms with Gasteiger partial charge in [0.2, 0.25) is 11.8 Å². The van der Waals surface area contributed by atoms with Crippen LogP contribution in [-0.4, -0.2) is 37.6 Å². The van der Waals surface area contributed by atoms with E-state index in [0.717, 1.165) is 45.1 Å². The summed E-state index contributed by atoms with van der Waals surface area (Å²) >= 11 is 0. The summed E-state index contributed by atoms with van der Waals surface area (Å²) in [6, 6.07) is 0. The average Bonchev–Trinajstić information content (AvgIpc) is 3.05. The third-order valence-electron chi connectivity index (χ3n) is 3.70. The van der Waals surface area contributed by atoms with Gasteiger partial charge in [0.25, 0.3) is 0 Å². The summed E-state index contributed by atoms with van der Waals surface area (Å²) in [5.41, 5.74) is 0. The normalized spacial score (nSPS) is 24.1. The van der Waals surface area contributed by atoms with Crippen LogP contribution in [0.5, 0.6) is 0 Å². The Bertz CT molecular complexity index is 295. The molecule has 0 unspecified atom stereocenters. The van der Waals surface area contributed by atoms with E-state index < -0.39 is 0 Å². The standard InChI is InChI=1S/C13H22N2O3/c16-12(14-8-11-6-3-7-18-11)9-15-13(17)10-4-1-2-5-10/h10-11H,1-9H2,(H,14,16)(H,15,17)/t11-/m0/s1. The number of amides is 2. The van der Waals surface area contributed by atoms with Crippen LogP contribution in [-0.2, 0) is 14.3 Å². The Kier molecular flexibility index (Phi) is 4.99. The second kappa shape index (κ2) is 6.73. The summed E-state index contributed by atoms with van der Waals surface area (Å²) in [5.74, 6) is 0.0209. The van der Waals surface area contributed by atoms with E-state index in [0.29, 0.717) is 6.54 Å². The second-order valence-electron chi connectivity index (χ2n) is 5.14. The van der Waals surface area contributed by atoms with Crippen molar-refractivity contribution in [1.29, 1.82) is 0 Å². The van der Waals surface area contributed by atoms with Crippen molar-refractivity contribution in [2.24, 2.45) is 5.92 Å². The van der Waals surface area contributed by atoms with Crippen molar-refractivity contribution in [3.05, 3.63) is 0 Å². The maximum Gasteiger partial charge on any atom is 0.239 e. The minimum atomic E-state index is -0.128. The van der Waals surface area contributed by atoms with Crippen molar-refractivity contribution in [3.8, 4) is 0 Å². The monoisotopic (exact) mass is 254 g/mol. The number of nitrogens with one attached hydrogen (secondary N) is 2. The van der Waals surface area contributed by atoms with Gasteiger partial charge in [-0.15, -0.1) is 0 Å². The molecule has 102 valence electrons. The summed E-state index contributed by atoms with van der Waals surface area (Å²) in [6.45, 7) is 1.43. The molecule has 1 aliphatic heterocycles. The lowest BCUT2D eigenvalue weighted by molar-refractivity contribution is -0.128. The van der Waals surface area contributed by atoms with Crippen LogP contribution in [0.3, 0.4) is 0 Å². The molecule has 2 N–H and O–H groups in total. The first-order valence-corrected chi connectivity index (χ1v) is 6.91. The second-order valence-corrected chi connectivity index (χ2v) is 5.14. The number of rotatable bonds is 5. The van der Waals surface area contributed by atoms with Gasteiger partial charge >= 0.3 is 0 Å². The van der Waals surface area contributed by atoms with Gasteiger partial charge < -0.3 is 15.4 Å². The molecule has 1 saturated carbocycles. The highest BCUT2D eigenvalue weighted by atomic mass is 16.5. The van der Waals surface area contributed by atoms with Crippen molar-refractivity contribution >= 4 is 11.8 Å². The van der Waals surface area contributed by atoms with E-state index in [1.807, 2.05) is 0 Å². The molecule has 1 aliphatic carbocycles. The SMILES string of the molecule is O=C(CNC(=O)C1CCCC1)NC[C@@H]1CCCO1. The topological polar surface area (TPSA) is 67.4 Å². The first kappa shape index (κ1) is 13.3. The molecule has 1 saturated heterocycles. The summed E-state index contributed by atoms with van der Waals surface area (Å²) in [6.07, 6.45) is 6.41. The van der Waals surface area contributed by atoms with Crippen molar-refractivity contribution in [2.45, 2.75) is 44.6 Å². The van der Waals surface area contributed by atoms with Gasteiger partial charge in [-0.3, -0.25) is 9.59 Å². The van der Waals surface area contributed by atoms with E-state index in [1.54, 1.807) is 0 Å². The fourth-order valence-corrected chi connectivity index (χ4v) is 2.60. The molecule has 5 heteroatoms. The lowest BCUT2D eigenvalue weighted by atomic mass is 10.1. The quantitative estimate of drug-likeness (QED) is 0.754. The van der Waals surface area contributed by atoms with E-state index in [4.69, 9.17) is 4.74 Å². The zero-order chi connectivity index (χ0) is 12.8. The van der Waals surface area contributed by atoms with Crippen molar-refractivity contribution in [3.63, 3.8) is 0 Å². The van der Waals surface area contributed by atoms with Crippen LogP contribution in [0.25, 0.3) is 0 Å². The number of carbonyl (C=O) groups is 2. The van der Waals surface area contributed by atoms with E-state index in [9.17, 15) is 9.59 Å². The molecule has 0 aromatic carbocycles. The Hall–Kier alpha value is -1.10. The number of ether oxygens (including phenoxy) is 1. The molecular formula is C13H22N2O3. The Balaban J connectivity index is 1.57. The predicted octanol–water partition coefficient (Wildman–Crippen LogP) is 0.588. The molecule has 18 heavy (non-hydrogen) atoms. The third-order valence-corrected chi connectivity index (χ3v) is 3.70. The average molecular weight is 254 g/mol. The molecule has 2 aliphatic rings. The summed E-state index contributed by atoms with van der Waals surface area (Å²) in [7, 11) is 0. The number of hydrogen-bond donors (Lipinski definition) is 2. The molecule has 1 heterocycles. The zero-order valence-electron chi connectivity index (χ0n) is 10.7. The first-order chi connectivity index (χ1) is 8.75. The van der Waals surface area contributed by atoms with Gasteiger partial charge in [0.1, 0.15) is 0 Å². The van der Waals surface area contributed by atoms with Crippen LogP contribution in [0.4, 0.5) is 0 Å². The molecule has 0 spiro atoms. The van der Waals surface area contributed by atoms with Crippen molar-refractivity contribution < 1.29 is 14.3 Å². The van der Waals surface area contributed by atoms with Gasteiger partial charge in [-0.25, -0.2) is 0 Å². The smallest absolute Gasteiger partial charge is 0.239 e. The predicted molar refractivity (Wildman–Crippen MR) is 67.0 cm³/mol. The summed E-state index contributed by atoms with van der Waals surface area (Å²) in [4.78, 5) is 23.2. The summed E-state index contributed by atoms with van der Waals surface area (Å²) in [5, 5.41) is 5.50. The Labute approximate surface area is 108 Å². The molecule has 2 amide bonds. The van der Waals surface area contributed by atoms with Gasteiger partial charge in [0, 0.05) is 19.1 Å². The Morgan fingerprint density at radius 2 is 1.83 bits per heavy atom. The highest BCUT2D eigenvalue weighted by Gasteiger charge is 2.23.